The third kappa shape index (κ3) is 3.49. The lowest BCUT2D eigenvalue weighted by Gasteiger charge is -2.26. The highest BCUT2D eigenvalue weighted by Crippen LogP contribution is 2.47. The van der Waals surface area contributed by atoms with E-state index in [-0.39, 0.29) is 24.3 Å². The van der Waals surface area contributed by atoms with E-state index in [1.54, 1.807) is 0 Å². The van der Waals surface area contributed by atoms with Gasteiger partial charge in [-0.2, -0.15) is 0 Å². The van der Waals surface area contributed by atoms with E-state index in [9.17, 15) is 9.59 Å². The number of carbonyl (C=O) groups excluding carboxylic acids is 2. The summed E-state index contributed by atoms with van der Waals surface area (Å²) < 4.78 is 0. The third-order valence-electron chi connectivity index (χ3n) is 4.72. The summed E-state index contributed by atoms with van der Waals surface area (Å²) in [6.07, 6.45) is 4.26. The van der Waals surface area contributed by atoms with Crippen molar-refractivity contribution in [2.24, 2.45) is 5.92 Å². The van der Waals surface area contributed by atoms with Crippen molar-refractivity contribution in [3.05, 3.63) is 35.4 Å². The molecule has 1 saturated carbocycles. The van der Waals surface area contributed by atoms with Crippen molar-refractivity contribution in [2.75, 3.05) is 19.6 Å². The third-order valence-corrected chi connectivity index (χ3v) is 4.72. The number of rotatable bonds is 4. The second-order valence-corrected chi connectivity index (χ2v) is 6.52. The standard InChI is InChI=1S/C18H24N2O2/c1-13-6-5-7-14(10-13)15-11-16(15)18(22)19-12-17(21)20-8-3-2-4-9-20/h5-7,10,15-16H,2-4,8-9,11-12H2,1H3,(H,19,22)/t15-,16+/m0/s1. The summed E-state index contributed by atoms with van der Waals surface area (Å²) in [5.41, 5.74) is 2.46. The van der Waals surface area contributed by atoms with Crippen molar-refractivity contribution in [3.63, 3.8) is 0 Å². The second kappa shape index (κ2) is 6.51. The molecule has 1 N–H and O–H groups in total. The number of nitrogens with one attached hydrogen (secondary N) is 1. The minimum Gasteiger partial charge on any atom is -0.347 e. The van der Waals surface area contributed by atoms with Crippen molar-refractivity contribution in [1.29, 1.82) is 0 Å². The number of nitrogens with zero attached hydrogens (tertiary/aromatic N) is 1. The Hall–Kier alpha value is -1.84. The molecule has 2 aliphatic rings. The van der Waals surface area contributed by atoms with Gasteiger partial charge in [0.1, 0.15) is 0 Å². The van der Waals surface area contributed by atoms with E-state index >= 15 is 0 Å². The van der Waals surface area contributed by atoms with Crippen LogP contribution in [0.2, 0.25) is 0 Å². The first-order chi connectivity index (χ1) is 10.6. The van der Waals surface area contributed by atoms with Crippen LogP contribution in [0, 0.1) is 12.8 Å². The maximum Gasteiger partial charge on any atom is 0.241 e. The zero-order valence-electron chi connectivity index (χ0n) is 13.2. The molecule has 4 nitrogen and oxygen atoms in total. The molecule has 1 aromatic carbocycles. The Morgan fingerprint density at radius 3 is 2.73 bits per heavy atom. The van der Waals surface area contributed by atoms with Gasteiger partial charge in [0.15, 0.2) is 0 Å². The Morgan fingerprint density at radius 2 is 2.00 bits per heavy atom. The maximum atomic E-state index is 12.2. The van der Waals surface area contributed by atoms with E-state index in [2.05, 4.69) is 30.4 Å². The minimum atomic E-state index is 0.0249. The number of benzene rings is 1. The lowest BCUT2D eigenvalue weighted by molar-refractivity contribution is -0.133. The van der Waals surface area contributed by atoms with E-state index in [0.717, 1.165) is 32.4 Å². The van der Waals surface area contributed by atoms with Crippen LogP contribution in [0.25, 0.3) is 0 Å². The van der Waals surface area contributed by atoms with E-state index in [4.69, 9.17) is 0 Å². The smallest absolute Gasteiger partial charge is 0.241 e. The second-order valence-electron chi connectivity index (χ2n) is 6.52. The molecule has 4 heteroatoms. The van der Waals surface area contributed by atoms with Crippen LogP contribution in [0.4, 0.5) is 0 Å². The number of hydrogen-bond donors (Lipinski definition) is 1. The molecule has 0 unspecified atom stereocenters. The van der Waals surface area contributed by atoms with Gasteiger partial charge in [-0.05, 0) is 44.1 Å². The van der Waals surface area contributed by atoms with Crippen LogP contribution in [0.5, 0.6) is 0 Å². The first-order valence-corrected chi connectivity index (χ1v) is 8.27. The average Bonchev–Trinajstić information content (AvgIpc) is 3.34. The SMILES string of the molecule is Cc1cccc([C@@H]2C[C@H]2C(=O)NCC(=O)N2CCCCC2)c1. The fourth-order valence-electron chi connectivity index (χ4n) is 3.30. The van der Waals surface area contributed by atoms with Gasteiger partial charge in [-0.1, -0.05) is 29.8 Å². The fourth-order valence-corrected chi connectivity index (χ4v) is 3.30. The molecule has 0 spiro atoms. The van der Waals surface area contributed by atoms with E-state index in [1.165, 1.54) is 17.5 Å². The number of aryl methyl sites for hydroxylation is 1. The van der Waals surface area contributed by atoms with E-state index < -0.39 is 0 Å². The number of carbonyl (C=O) groups is 2. The predicted octanol–water partition coefficient (Wildman–Crippen LogP) is 2.23. The van der Waals surface area contributed by atoms with E-state index in [1.807, 2.05) is 11.0 Å². The molecule has 118 valence electrons. The monoisotopic (exact) mass is 300 g/mol. The topological polar surface area (TPSA) is 49.4 Å². The van der Waals surface area contributed by atoms with Crippen molar-refractivity contribution in [2.45, 2.75) is 38.5 Å². The van der Waals surface area contributed by atoms with Crippen LogP contribution in [-0.4, -0.2) is 36.3 Å². The molecular formula is C18H24N2O2. The van der Waals surface area contributed by atoms with Crippen LogP contribution < -0.4 is 5.32 Å². The average molecular weight is 300 g/mol. The highest BCUT2D eigenvalue weighted by Gasteiger charge is 2.43. The predicted molar refractivity (Wildman–Crippen MR) is 85.5 cm³/mol. The molecule has 1 saturated heterocycles. The Kier molecular flexibility index (Phi) is 4.46. The zero-order valence-corrected chi connectivity index (χ0v) is 13.2. The molecule has 1 aromatic rings. The van der Waals surface area contributed by atoms with E-state index in [0.29, 0.717) is 5.92 Å². The molecule has 0 radical (unpaired) electrons. The van der Waals surface area contributed by atoms with Crippen LogP contribution in [0.1, 0.15) is 42.7 Å². The number of piperidine rings is 1. The summed E-state index contributed by atoms with van der Waals surface area (Å²) in [6.45, 7) is 3.89. The Morgan fingerprint density at radius 1 is 1.23 bits per heavy atom. The summed E-state index contributed by atoms with van der Waals surface area (Å²) in [7, 11) is 0. The van der Waals surface area contributed by atoms with Crippen LogP contribution in [0.3, 0.4) is 0 Å². The first kappa shape index (κ1) is 15.1. The van der Waals surface area contributed by atoms with Crippen molar-refractivity contribution < 1.29 is 9.59 Å². The fraction of sp³-hybridized carbons (Fsp3) is 0.556. The largest absolute Gasteiger partial charge is 0.347 e. The summed E-state index contributed by atoms with van der Waals surface area (Å²) in [5, 5.41) is 2.83. The zero-order chi connectivity index (χ0) is 15.5. The number of amides is 2. The van der Waals surface area contributed by atoms with Gasteiger partial charge in [0, 0.05) is 19.0 Å². The molecule has 3 rings (SSSR count). The highest BCUT2D eigenvalue weighted by atomic mass is 16.2. The molecular weight excluding hydrogens is 276 g/mol. The van der Waals surface area contributed by atoms with Crippen LogP contribution in [0.15, 0.2) is 24.3 Å². The van der Waals surface area contributed by atoms with Crippen molar-refractivity contribution >= 4 is 11.8 Å². The van der Waals surface area contributed by atoms with Gasteiger partial charge < -0.3 is 10.2 Å². The Labute approximate surface area is 131 Å². The molecule has 1 aliphatic heterocycles. The number of hydrogen-bond acceptors (Lipinski definition) is 2. The molecule has 1 aliphatic carbocycles. The van der Waals surface area contributed by atoms with Gasteiger partial charge in [-0.3, -0.25) is 9.59 Å². The van der Waals surface area contributed by atoms with Gasteiger partial charge >= 0.3 is 0 Å². The van der Waals surface area contributed by atoms with Crippen LogP contribution >= 0.6 is 0 Å². The molecule has 0 aromatic heterocycles. The lowest BCUT2D eigenvalue weighted by Crippen LogP contribution is -2.43. The lowest BCUT2D eigenvalue weighted by atomic mass is 10.1. The molecule has 22 heavy (non-hydrogen) atoms. The van der Waals surface area contributed by atoms with Gasteiger partial charge in [0.05, 0.1) is 6.54 Å². The van der Waals surface area contributed by atoms with Crippen molar-refractivity contribution in [3.8, 4) is 0 Å². The Balaban J connectivity index is 1.46. The number of likely N-dealkylation sites (tertiary alicyclic amines) is 1. The van der Waals surface area contributed by atoms with Gasteiger partial charge in [0.2, 0.25) is 11.8 Å². The molecule has 2 atom stereocenters. The summed E-state index contributed by atoms with van der Waals surface area (Å²) in [4.78, 5) is 26.1. The first-order valence-electron chi connectivity index (χ1n) is 8.27. The highest BCUT2D eigenvalue weighted by molar-refractivity contribution is 5.88. The molecule has 2 amide bonds. The molecule has 1 heterocycles. The van der Waals surface area contributed by atoms with Gasteiger partial charge in [-0.25, -0.2) is 0 Å². The van der Waals surface area contributed by atoms with Gasteiger partial charge in [0.25, 0.3) is 0 Å². The Bertz CT molecular complexity index is 564. The molecule has 2 fully saturated rings. The normalized spacial score (nSPS) is 24.0. The summed E-state index contributed by atoms with van der Waals surface area (Å²) >= 11 is 0. The van der Waals surface area contributed by atoms with Gasteiger partial charge in [-0.15, -0.1) is 0 Å². The quantitative estimate of drug-likeness (QED) is 0.927. The molecule has 0 bridgehead atoms. The van der Waals surface area contributed by atoms with Crippen molar-refractivity contribution in [1.82, 2.24) is 10.2 Å². The summed E-state index contributed by atoms with van der Waals surface area (Å²) in [6, 6.07) is 8.34. The minimum absolute atomic E-state index is 0.0249. The van der Waals surface area contributed by atoms with Crippen LogP contribution in [-0.2, 0) is 9.59 Å². The maximum absolute atomic E-state index is 12.2. The summed E-state index contributed by atoms with van der Waals surface area (Å²) in [5.74, 6) is 0.443.